The van der Waals surface area contributed by atoms with Crippen LogP contribution in [0.1, 0.15) is 25.7 Å². The molecule has 1 saturated carbocycles. The monoisotopic (exact) mass is 229 g/mol. The quantitative estimate of drug-likeness (QED) is 0.438. The van der Waals surface area contributed by atoms with Crippen LogP contribution < -0.4 is 16.0 Å². The minimum atomic E-state index is -0.908. The standard InChI is InChI=1S/C10H19N3O3/c14-9(15)4-7-13-10(16)12-6-1-5-11-8-2-3-8/h8,11H,1-7H2,(H,14,15)(H2,12,13,16). The lowest BCUT2D eigenvalue weighted by Gasteiger charge is -2.06. The molecule has 0 saturated heterocycles. The maximum absolute atomic E-state index is 11.1. The van der Waals surface area contributed by atoms with E-state index in [1.807, 2.05) is 0 Å². The average Bonchev–Trinajstić information content (AvgIpc) is 3.00. The number of rotatable bonds is 8. The molecule has 0 atom stereocenters. The van der Waals surface area contributed by atoms with E-state index in [-0.39, 0.29) is 19.0 Å². The lowest BCUT2D eigenvalue weighted by atomic mass is 10.4. The third kappa shape index (κ3) is 7.05. The molecule has 4 N–H and O–H groups in total. The molecule has 0 spiro atoms. The predicted octanol–water partition coefficient (Wildman–Crippen LogP) is -0.0976. The molecule has 0 radical (unpaired) electrons. The number of carboxylic acid groups (broad SMARTS) is 1. The summed E-state index contributed by atoms with van der Waals surface area (Å²) in [6.07, 6.45) is 3.38. The van der Waals surface area contributed by atoms with E-state index in [1.54, 1.807) is 0 Å². The third-order valence-corrected chi connectivity index (χ3v) is 2.27. The lowest BCUT2D eigenvalue weighted by molar-refractivity contribution is -0.136. The largest absolute Gasteiger partial charge is 0.481 e. The Morgan fingerprint density at radius 2 is 1.81 bits per heavy atom. The van der Waals surface area contributed by atoms with Gasteiger partial charge in [-0.1, -0.05) is 0 Å². The van der Waals surface area contributed by atoms with Gasteiger partial charge in [-0.2, -0.15) is 0 Å². The summed E-state index contributed by atoms with van der Waals surface area (Å²) >= 11 is 0. The van der Waals surface area contributed by atoms with Crippen LogP contribution in [-0.2, 0) is 4.79 Å². The van der Waals surface area contributed by atoms with Gasteiger partial charge in [-0.05, 0) is 25.8 Å². The topological polar surface area (TPSA) is 90.5 Å². The van der Waals surface area contributed by atoms with Crippen molar-refractivity contribution in [3.63, 3.8) is 0 Å². The highest BCUT2D eigenvalue weighted by Crippen LogP contribution is 2.18. The highest BCUT2D eigenvalue weighted by Gasteiger charge is 2.19. The second-order valence-electron chi connectivity index (χ2n) is 3.91. The number of hydrogen-bond donors (Lipinski definition) is 4. The van der Waals surface area contributed by atoms with Gasteiger partial charge >= 0.3 is 12.0 Å². The van der Waals surface area contributed by atoms with Gasteiger partial charge in [-0.25, -0.2) is 4.79 Å². The fourth-order valence-corrected chi connectivity index (χ4v) is 1.23. The van der Waals surface area contributed by atoms with Gasteiger partial charge in [0, 0.05) is 19.1 Å². The molecule has 0 aromatic carbocycles. The molecular formula is C10H19N3O3. The van der Waals surface area contributed by atoms with Crippen molar-refractivity contribution in [2.75, 3.05) is 19.6 Å². The molecule has 6 heteroatoms. The Morgan fingerprint density at radius 1 is 1.12 bits per heavy atom. The van der Waals surface area contributed by atoms with Crippen molar-refractivity contribution in [2.24, 2.45) is 0 Å². The van der Waals surface area contributed by atoms with Gasteiger partial charge in [0.25, 0.3) is 0 Å². The summed E-state index contributed by atoms with van der Waals surface area (Å²) < 4.78 is 0. The molecule has 0 aliphatic heterocycles. The highest BCUT2D eigenvalue weighted by molar-refractivity contribution is 5.74. The lowest BCUT2D eigenvalue weighted by Crippen LogP contribution is -2.37. The van der Waals surface area contributed by atoms with E-state index >= 15 is 0 Å². The molecule has 0 aromatic heterocycles. The molecule has 0 bridgehead atoms. The van der Waals surface area contributed by atoms with Crippen LogP contribution in [0, 0.1) is 0 Å². The molecule has 92 valence electrons. The molecule has 0 unspecified atom stereocenters. The van der Waals surface area contributed by atoms with Crippen molar-refractivity contribution in [1.82, 2.24) is 16.0 Å². The van der Waals surface area contributed by atoms with E-state index in [9.17, 15) is 9.59 Å². The predicted molar refractivity (Wildman–Crippen MR) is 59.3 cm³/mol. The van der Waals surface area contributed by atoms with Crippen LogP contribution in [0.2, 0.25) is 0 Å². The van der Waals surface area contributed by atoms with Crippen LogP contribution in [0.5, 0.6) is 0 Å². The van der Waals surface area contributed by atoms with E-state index < -0.39 is 5.97 Å². The number of carbonyl (C=O) groups excluding carboxylic acids is 1. The zero-order valence-corrected chi connectivity index (χ0v) is 9.29. The maximum Gasteiger partial charge on any atom is 0.314 e. The molecular weight excluding hydrogens is 210 g/mol. The zero-order chi connectivity index (χ0) is 11.8. The third-order valence-electron chi connectivity index (χ3n) is 2.27. The number of hydrogen-bond acceptors (Lipinski definition) is 3. The average molecular weight is 229 g/mol. The minimum absolute atomic E-state index is 0.0450. The zero-order valence-electron chi connectivity index (χ0n) is 9.29. The number of carboxylic acids is 1. The Hall–Kier alpha value is -1.30. The smallest absolute Gasteiger partial charge is 0.314 e. The van der Waals surface area contributed by atoms with E-state index in [2.05, 4.69) is 16.0 Å². The summed E-state index contributed by atoms with van der Waals surface area (Å²) in [4.78, 5) is 21.3. The normalized spacial score (nSPS) is 14.5. The second-order valence-corrected chi connectivity index (χ2v) is 3.91. The summed E-state index contributed by atoms with van der Waals surface area (Å²) in [6, 6.07) is 0.400. The molecule has 1 aliphatic carbocycles. The van der Waals surface area contributed by atoms with E-state index in [0.29, 0.717) is 12.6 Å². The van der Waals surface area contributed by atoms with Gasteiger partial charge in [-0.15, -0.1) is 0 Å². The summed E-state index contributed by atoms with van der Waals surface area (Å²) in [6.45, 7) is 1.69. The maximum atomic E-state index is 11.1. The van der Waals surface area contributed by atoms with Crippen LogP contribution in [0.15, 0.2) is 0 Å². The van der Waals surface area contributed by atoms with Crippen molar-refractivity contribution in [1.29, 1.82) is 0 Å². The van der Waals surface area contributed by atoms with Crippen LogP contribution >= 0.6 is 0 Å². The number of urea groups is 1. The van der Waals surface area contributed by atoms with Crippen LogP contribution in [0.4, 0.5) is 4.79 Å². The van der Waals surface area contributed by atoms with Gasteiger partial charge in [0.2, 0.25) is 0 Å². The second kappa shape index (κ2) is 7.05. The van der Waals surface area contributed by atoms with Crippen molar-refractivity contribution in [3.05, 3.63) is 0 Å². The summed E-state index contributed by atoms with van der Waals surface area (Å²) in [5.74, 6) is -0.908. The molecule has 0 heterocycles. The summed E-state index contributed by atoms with van der Waals surface area (Å²) in [5, 5.41) is 16.8. The van der Waals surface area contributed by atoms with E-state index in [1.165, 1.54) is 12.8 Å². The SMILES string of the molecule is O=C(O)CCNC(=O)NCCCNC1CC1. The minimum Gasteiger partial charge on any atom is -0.481 e. The van der Waals surface area contributed by atoms with Gasteiger partial charge in [0.15, 0.2) is 0 Å². The fraction of sp³-hybridized carbons (Fsp3) is 0.800. The highest BCUT2D eigenvalue weighted by atomic mass is 16.4. The van der Waals surface area contributed by atoms with Gasteiger partial charge in [-0.3, -0.25) is 4.79 Å². The van der Waals surface area contributed by atoms with Gasteiger partial charge in [0.1, 0.15) is 0 Å². The molecule has 0 aromatic rings. The Labute approximate surface area is 94.8 Å². The number of carbonyl (C=O) groups is 2. The van der Waals surface area contributed by atoms with Crippen molar-refractivity contribution in [2.45, 2.75) is 31.7 Å². The summed E-state index contributed by atoms with van der Waals surface area (Å²) in [7, 11) is 0. The molecule has 16 heavy (non-hydrogen) atoms. The Kier molecular flexibility index (Phi) is 5.63. The van der Waals surface area contributed by atoms with Gasteiger partial charge in [0.05, 0.1) is 6.42 Å². The van der Waals surface area contributed by atoms with E-state index in [0.717, 1.165) is 13.0 Å². The fourth-order valence-electron chi connectivity index (χ4n) is 1.23. The first kappa shape index (κ1) is 12.8. The summed E-state index contributed by atoms with van der Waals surface area (Å²) in [5.41, 5.74) is 0. The Balaban J connectivity index is 1.83. The molecule has 1 fully saturated rings. The Morgan fingerprint density at radius 3 is 2.44 bits per heavy atom. The first-order valence-corrected chi connectivity index (χ1v) is 5.65. The molecule has 1 rings (SSSR count). The number of nitrogens with one attached hydrogen (secondary N) is 3. The van der Waals surface area contributed by atoms with Gasteiger partial charge < -0.3 is 21.1 Å². The van der Waals surface area contributed by atoms with E-state index in [4.69, 9.17) is 5.11 Å². The number of aliphatic carboxylic acids is 1. The van der Waals surface area contributed by atoms with Crippen molar-refractivity contribution < 1.29 is 14.7 Å². The number of amides is 2. The van der Waals surface area contributed by atoms with Crippen LogP contribution in [0.3, 0.4) is 0 Å². The first-order chi connectivity index (χ1) is 7.68. The molecule has 2 amide bonds. The molecule has 6 nitrogen and oxygen atoms in total. The first-order valence-electron chi connectivity index (χ1n) is 5.65. The van der Waals surface area contributed by atoms with Crippen LogP contribution in [0.25, 0.3) is 0 Å². The Bertz CT molecular complexity index is 241. The van der Waals surface area contributed by atoms with Crippen molar-refractivity contribution in [3.8, 4) is 0 Å². The van der Waals surface area contributed by atoms with Crippen LogP contribution in [-0.4, -0.2) is 42.8 Å². The van der Waals surface area contributed by atoms with Crippen molar-refractivity contribution >= 4 is 12.0 Å². The molecule has 1 aliphatic rings.